The second-order valence-electron chi connectivity index (χ2n) is 6.00. The molecule has 2 rings (SSSR count). The smallest absolute Gasteiger partial charge is 0.328 e. The van der Waals surface area contributed by atoms with Crippen LogP contribution in [0.25, 0.3) is 0 Å². The Morgan fingerprint density at radius 1 is 0.897 bits per heavy atom. The highest BCUT2D eigenvalue weighted by molar-refractivity contribution is 5.96. The maximum atomic E-state index is 12.0. The quantitative estimate of drug-likeness (QED) is 0.529. The van der Waals surface area contributed by atoms with E-state index in [2.05, 4.69) is 21.3 Å². The molecular weight excluding hydrogens is 376 g/mol. The summed E-state index contributed by atoms with van der Waals surface area (Å²) in [5.74, 6) is -1.54. The molecule has 1 atom stereocenters. The van der Waals surface area contributed by atoms with E-state index in [-0.39, 0.29) is 5.91 Å². The van der Waals surface area contributed by atoms with Gasteiger partial charge in [0.15, 0.2) is 6.61 Å². The first-order valence-electron chi connectivity index (χ1n) is 8.80. The van der Waals surface area contributed by atoms with Crippen LogP contribution in [0.15, 0.2) is 54.6 Å². The third-order valence-electron chi connectivity index (χ3n) is 3.74. The van der Waals surface area contributed by atoms with Crippen LogP contribution in [0.2, 0.25) is 0 Å². The molecule has 0 aromatic heterocycles. The van der Waals surface area contributed by atoms with Gasteiger partial charge in [-0.1, -0.05) is 18.2 Å². The molecule has 0 aliphatic rings. The summed E-state index contributed by atoms with van der Waals surface area (Å²) in [6.45, 7) is 0.935. The Labute approximate surface area is 167 Å². The van der Waals surface area contributed by atoms with E-state index >= 15 is 0 Å². The van der Waals surface area contributed by atoms with Gasteiger partial charge in [0.1, 0.15) is 6.04 Å². The van der Waals surface area contributed by atoms with Gasteiger partial charge in [-0.2, -0.15) is 0 Å². The summed E-state index contributed by atoms with van der Waals surface area (Å²) in [5, 5.41) is 10.0. The molecule has 0 heterocycles. The van der Waals surface area contributed by atoms with Crippen LogP contribution >= 0.6 is 0 Å². The maximum absolute atomic E-state index is 12.0. The number of ether oxygens (including phenoxy) is 1. The van der Waals surface area contributed by atoms with Crippen LogP contribution in [0.3, 0.4) is 0 Å². The summed E-state index contributed by atoms with van der Waals surface area (Å²) in [5.41, 5.74) is 1.48. The van der Waals surface area contributed by atoms with E-state index in [0.717, 1.165) is 0 Å². The molecule has 152 valence electrons. The molecule has 0 radical (unpaired) electrons. The van der Waals surface area contributed by atoms with Crippen LogP contribution in [-0.4, -0.2) is 43.5 Å². The summed E-state index contributed by atoms with van der Waals surface area (Å²) in [7, 11) is 1.52. The lowest BCUT2D eigenvalue weighted by molar-refractivity contribution is -0.148. The lowest BCUT2D eigenvalue weighted by Crippen LogP contribution is -2.42. The minimum atomic E-state index is -0.946. The standard InChI is InChI=1S/C20H22N4O5/c1-13(22-20(28)24-15-6-4-3-5-7-15)19(27)29-12-17(25)23-16-10-8-14(9-11-16)18(26)21-2/h3-11,13H,12H2,1-2H3,(H,21,26)(H,23,25)(H2,22,24,28)/t13-/m0/s1. The molecule has 9 nitrogen and oxygen atoms in total. The number of rotatable bonds is 7. The van der Waals surface area contributed by atoms with Crippen LogP contribution in [-0.2, 0) is 14.3 Å². The summed E-state index contributed by atoms with van der Waals surface area (Å²) in [4.78, 5) is 47.2. The van der Waals surface area contributed by atoms with Crippen molar-refractivity contribution in [1.82, 2.24) is 10.6 Å². The van der Waals surface area contributed by atoms with Gasteiger partial charge in [-0.25, -0.2) is 9.59 Å². The summed E-state index contributed by atoms with van der Waals surface area (Å²) in [6.07, 6.45) is 0. The average Bonchev–Trinajstić information content (AvgIpc) is 2.72. The molecular formula is C20H22N4O5. The van der Waals surface area contributed by atoms with Crippen molar-refractivity contribution in [2.75, 3.05) is 24.3 Å². The summed E-state index contributed by atoms with van der Waals surface area (Å²) < 4.78 is 4.91. The number of urea groups is 1. The minimum absolute atomic E-state index is 0.241. The Bertz CT molecular complexity index is 868. The van der Waals surface area contributed by atoms with Crippen LogP contribution in [0.5, 0.6) is 0 Å². The van der Waals surface area contributed by atoms with Crippen molar-refractivity contribution in [3.05, 3.63) is 60.2 Å². The van der Waals surface area contributed by atoms with Crippen LogP contribution in [0.4, 0.5) is 16.2 Å². The Morgan fingerprint density at radius 3 is 2.14 bits per heavy atom. The molecule has 0 spiro atoms. The lowest BCUT2D eigenvalue weighted by Gasteiger charge is -2.14. The van der Waals surface area contributed by atoms with Crippen LogP contribution in [0.1, 0.15) is 17.3 Å². The topological polar surface area (TPSA) is 126 Å². The van der Waals surface area contributed by atoms with E-state index in [0.29, 0.717) is 16.9 Å². The van der Waals surface area contributed by atoms with Gasteiger partial charge in [0.25, 0.3) is 11.8 Å². The van der Waals surface area contributed by atoms with Gasteiger partial charge in [0, 0.05) is 24.0 Å². The lowest BCUT2D eigenvalue weighted by atomic mass is 10.2. The van der Waals surface area contributed by atoms with E-state index < -0.39 is 30.6 Å². The molecule has 2 aromatic carbocycles. The predicted molar refractivity (Wildman–Crippen MR) is 107 cm³/mol. The Balaban J connectivity index is 1.75. The third kappa shape index (κ3) is 6.98. The van der Waals surface area contributed by atoms with E-state index in [1.54, 1.807) is 48.5 Å². The monoisotopic (exact) mass is 398 g/mol. The zero-order valence-electron chi connectivity index (χ0n) is 16.0. The van der Waals surface area contributed by atoms with Crippen molar-refractivity contribution in [2.24, 2.45) is 0 Å². The van der Waals surface area contributed by atoms with Gasteiger partial charge in [-0.05, 0) is 43.3 Å². The predicted octanol–water partition coefficient (Wildman–Crippen LogP) is 1.74. The molecule has 0 unspecified atom stereocenters. The van der Waals surface area contributed by atoms with Gasteiger partial charge in [0.2, 0.25) is 0 Å². The van der Waals surface area contributed by atoms with Crippen molar-refractivity contribution >= 4 is 35.2 Å². The van der Waals surface area contributed by atoms with Crippen molar-refractivity contribution < 1.29 is 23.9 Å². The first-order valence-corrected chi connectivity index (χ1v) is 8.80. The number of hydrogen-bond acceptors (Lipinski definition) is 5. The van der Waals surface area contributed by atoms with E-state index in [4.69, 9.17) is 4.74 Å². The molecule has 4 N–H and O–H groups in total. The molecule has 0 aliphatic heterocycles. The molecule has 4 amide bonds. The second kappa shape index (κ2) is 10.5. The van der Waals surface area contributed by atoms with Crippen molar-refractivity contribution in [2.45, 2.75) is 13.0 Å². The highest BCUT2D eigenvalue weighted by atomic mass is 16.5. The number of hydrogen-bond donors (Lipinski definition) is 4. The minimum Gasteiger partial charge on any atom is -0.454 e. The first kappa shape index (κ1) is 21.4. The van der Waals surface area contributed by atoms with E-state index in [1.165, 1.54) is 14.0 Å². The van der Waals surface area contributed by atoms with E-state index in [1.807, 2.05) is 6.07 Å². The van der Waals surface area contributed by atoms with E-state index in [9.17, 15) is 19.2 Å². The number of nitrogens with one attached hydrogen (secondary N) is 4. The molecule has 0 saturated heterocycles. The van der Waals surface area contributed by atoms with Crippen LogP contribution < -0.4 is 21.3 Å². The Morgan fingerprint density at radius 2 is 1.52 bits per heavy atom. The third-order valence-corrected chi connectivity index (χ3v) is 3.74. The number of benzene rings is 2. The summed E-state index contributed by atoms with van der Waals surface area (Å²) in [6, 6.07) is 13.4. The fourth-order valence-corrected chi connectivity index (χ4v) is 2.25. The highest BCUT2D eigenvalue weighted by Crippen LogP contribution is 2.09. The number of carbonyl (C=O) groups is 4. The molecule has 9 heteroatoms. The van der Waals surface area contributed by atoms with Crippen molar-refractivity contribution in [3.63, 3.8) is 0 Å². The number of anilines is 2. The molecule has 0 saturated carbocycles. The Kier molecular flexibility index (Phi) is 7.72. The zero-order chi connectivity index (χ0) is 21.2. The van der Waals surface area contributed by atoms with Gasteiger partial charge >= 0.3 is 12.0 Å². The number of para-hydroxylation sites is 1. The van der Waals surface area contributed by atoms with Crippen molar-refractivity contribution in [3.8, 4) is 0 Å². The second-order valence-corrected chi connectivity index (χ2v) is 6.00. The fourth-order valence-electron chi connectivity index (χ4n) is 2.25. The molecule has 29 heavy (non-hydrogen) atoms. The Hall–Kier alpha value is -3.88. The van der Waals surface area contributed by atoms with Gasteiger partial charge in [-0.3, -0.25) is 9.59 Å². The fraction of sp³-hybridized carbons (Fsp3) is 0.200. The van der Waals surface area contributed by atoms with Crippen LogP contribution in [0, 0.1) is 0 Å². The molecule has 0 bridgehead atoms. The summed E-state index contributed by atoms with van der Waals surface area (Å²) >= 11 is 0. The average molecular weight is 398 g/mol. The van der Waals surface area contributed by atoms with Gasteiger partial charge in [-0.15, -0.1) is 0 Å². The SMILES string of the molecule is CNC(=O)c1ccc(NC(=O)COC(=O)[C@H](C)NC(=O)Nc2ccccc2)cc1. The molecule has 0 fully saturated rings. The van der Waals surface area contributed by atoms with Gasteiger partial charge < -0.3 is 26.0 Å². The normalized spacial score (nSPS) is 11.0. The molecule has 2 aromatic rings. The maximum Gasteiger partial charge on any atom is 0.328 e. The van der Waals surface area contributed by atoms with Gasteiger partial charge in [0.05, 0.1) is 0 Å². The zero-order valence-corrected chi connectivity index (χ0v) is 16.0. The van der Waals surface area contributed by atoms with Crippen molar-refractivity contribution in [1.29, 1.82) is 0 Å². The largest absolute Gasteiger partial charge is 0.454 e. The number of carbonyl (C=O) groups excluding carboxylic acids is 4. The highest BCUT2D eigenvalue weighted by Gasteiger charge is 2.18. The number of esters is 1. The molecule has 0 aliphatic carbocycles. The number of amides is 4. The first-order chi connectivity index (χ1) is 13.9.